The van der Waals surface area contributed by atoms with Crippen molar-refractivity contribution in [2.75, 3.05) is 11.9 Å². The largest absolute Gasteiger partial charge is 0.488 e. The van der Waals surface area contributed by atoms with E-state index >= 15 is 0 Å². The Labute approximate surface area is 125 Å². The van der Waals surface area contributed by atoms with Gasteiger partial charge in [0.2, 0.25) is 0 Å². The van der Waals surface area contributed by atoms with E-state index in [0.29, 0.717) is 12.1 Å². The maximum absolute atomic E-state index is 9.24. The first kappa shape index (κ1) is 13.5. The summed E-state index contributed by atoms with van der Waals surface area (Å²) in [4.78, 5) is 0. The zero-order valence-electron chi connectivity index (χ0n) is 12.3. The van der Waals surface area contributed by atoms with E-state index < -0.39 is 0 Å². The molecule has 0 amide bonds. The molecule has 0 saturated carbocycles. The first-order valence-corrected chi connectivity index (χ1v) is 7.17. The molecule has 1 aliphatic heterocycles. The van der Waals surface area contributed by atoms with Crippen LogP contribution in [0.4, 0.5) is 5.69 Å². The molecule has 0 aliphatic carbocycles. The van der Waals surface area contributed by atoms with Crippen LogP contribution in [-0.4, -0.2) is 12.6 Å². The topological polar surface area (TPSA) is 45.0 Å². The molecular weight excluding hydrogens is 260 g/mol. The monoisotopic (exact) mass is 278 g/mol. The quantitative estimate of drug-likeness (QED) is 0.933. The Kier molecular flexibility index (Phi) is 3.53. The SMILES string of the molecule is Cc1ccc2c(c1)CC(CNc1cccc(C)c1C#N)O2. The molecule has 1 heterocycles. The van der Waals surface area contributed by atoms with E-state index in [0.717, 1.165) is 23.4 Å². The van der Waals surface area contributed by atoms with Gasteiger partial charge in [-0.05, 0) is 37.1 Å². The van der Waals surface area contributed by atoms with Crippen molar-refractivity contribution in [2.45, 2.75) is 26.4 Å². The maximum atomic E-state index is 9.24. The zero-order chi connectivity index (χ0) is 14.8. The third-order valence-corrected chi connectivity index (χ3v) is 3.86. The summed E-state index contributed by atoms with van der Waals surface area (Å²) in [6, 6.07) is 14.4. The molecule has 0 radical (unpaired) electrons. The average Bonchev–Trinajstić information content (AvgIpc) is 2.87. The van der Waals surface area contributed by atoms with E-state index in [2.05, 4.69) is 30.4 Å². The summed E-state index contributed by atoms with van der Waals surface area (Å²) < 4.78 is 5.94. The summed E-state index contributed by atoms with van der Waals surface area (Å²) >= 11 is 0. The van der Waals surface area contributed by atoms with Crippen LogP contribution < -0.4 is 10.1 Å². The average molecular weight is 278 g/mol. The minimum Gasteiger partial charge on any atom is -0.488 e. The van der Waals surface area contributed by atoms with Crippen LogP contribution in [0.3, 0.4) is 0 Å². The van der Waals surface area contributed by atoms with Gasteiger partial charge in [0.05, 0.1) is 17.8 Å². The predicted molar refractivity (Wildman–Crippen MR) is 83.7 cm³/mol. The van der Waals surface area contributed by atoms with Crippen molar-refractivity contribution < 1.29 is 4.74 Å². The number of hydrogen-bond acceptors (Lipinski definition) is 3. The summed E-state index contributed by atoms with van der Waals surface area (Å²) in [5, 5.41) is 12.6. The summed E-state index contributed by atoms with van der Waals surface area (Å²) in [6.45, 7) is 4.75. The highest BCUT2D eigenvalue weighted by molar-refractivity contribution is 5.60. The molecule has 1 unspecified atom stereocenters. The van der Waals surface area contributed by atoms with Gasteiger partial charge >= 0.3 is 0 Å². The van der Waals surface area contributed by atoms with Gasteiger partial charge in [-0.2, -0.15) is 5.26 Å². The lowest BCUT2D eigenvalue weighted by Gasteiger charge is -2.14. The lowest BCUT2D eigenvalue weighted by atomic mass is 10.1. The van der Waals surface area contributed by atoms with Crippen molar-refractivity contribution in [3.63, 3.8) is 0 Å². The normalized spacial score (nSPS) is 16.0. The van der Waals surface area contributed by atoms with E-state index in [9.17, 15) is 5.26 Å². The Morgan fingerprint density at radius 2 is 2.14 bits per heavy atom. The minimum atomic E-state index is 0.119. The maximum Gasteiger partial charge on any atom is 0.123 e. The fourth-order valence-corrected chi connectivity index (χ4v) is 2.75. The molecule has 3 heteroatoms. The molecule has 0 spiro atoms. The molecule has 2 aromatic rings. The number of nitrogens with one attached hydrogen (secondary N) is 1. The van der Waals surface area contributed by atoms with Crippen molar-refractivity contribution in [3.05, 3.63) is 58.7 Å². The number of aryl methyl sites for hydroxylation is 2. The summed E-state index contributed by atoms with van der Waals surface area (Å²) in [5.41, 5.74) is 5.12. The molecule has 1 N–H and O–H groups in total. The highest BCUT2D eigenvalue weighted by Gasteiger charge is 2.22. The van der Waals surface area contributed by atoms with Gasteiger partial charge in [0.25, 0.3) is 0 Å². The van der Waals surface area contributed by atoms with Gasteiger partial charge in [0, 0.05) is 6.42 Å². The Morgan fingerprint density at radius 1 is 1.29 bits per heavy atom. The fraction of sp³-hybridized carbons (Fsp3) is 0.278. The Bertz CT molecular complexity index is 716. The van der Waals surface area contributed by atoms with E-state index in [1.165, 1.54) is 11.1 Å². The van der Waals surface area contributed by atoms with E-state index in [4.69, 9.17) is 4.74 Å². The summed E-state index contributed by atoms with van der Waals surface area (Å²) in [7, 11) is 0. The predicted octanol–water partition coefficient (Wildman–Crippen LogP) is 3.59. The van der Waals surface area contributed by atoms with Crippen LogP contribution in [0, 0.1) is 25.2 Å². The van der Waals surface area contributed by atoms with Crippen molar-refractivity contribution >= 4 is 5.69 Å². The highest BCUT2D eigenvalue weighted by Crippen LogP contribution is 2.29. The number of nitriles is 1. The molecule has 1 atom stereocenters. The Morgan fingerprint density at radius 3 is 2.95 bits per heavy atom. The second kappa shape index (κ2) is 5.49. The second-order valence-corrected chi connectivity index (χ2v) is 5.55. The number of anilines is 1. The molecule has 1 aliphatic rings. The van der Waals surface area contributed by atoms with Crippen LogP contribution in [-0.2, 0) is 6.42 Å². The third kappa shape index (κ3) is 2.71. The van der Waals surface area contributed by atoms with Gasteiger partial charge in [-0.25, -0.2) is 0 Å². The van der Waals surface area contributed by atoms with Crippen LogP contribution >= 0.6 is 0 Å². The van der Waals surface area contributed by atoms with Crippen LogP contribution in [0.1, 0.15) is 22.3 Å². The summed E-state index contributed by atoms with van der Waals surface area (Å²) in [5.74, 6) is 0.983. The van der Waals surface area contributed by atoms with Gasteiger partial charge in [0.15, 0.2) is 0 Å². The smallest absolute Gasteiger partial charge is 0.123 e. The van der Waals surface area contributed by atoms with Crippen molar-refractivity contribution in [2.24, 2.45) is 0 Å². The molecule has 0 saturated heterocycles. The Hall–Kier alpha value is -2.47. The van der Waals surface area contributed by atoms with Gasteiger partial charge in [-0.1, -0.05) is 29.8 Å². The number of ether oxygens (including phenoxy) is 1. The minimum absolute atomic E-state index is 0.119. The van der Waals surface area contributed by atoms with E-state index in [-0.39, 0.29) is 6.10 Å². The van der Waals surface area contributed by atoms with Crippen molar-refractivity contribution in [1.29, 1.82) is 5.26 Å². The molecule has 0 bridgehead atoms. The van der Waals surface area contributed by atoms with E-state index in [1.807, 2.05) is 31.2 Å². The lowest BCUT2D eigenvalue weighted by molar-refractivity contribution is 0.246. The first-order valence-electron chi connectivity index (χ1n) is 7.17. The highest BCUT2D eigenvalue weighted by atomic mass is 16.5. The molecular formula is C18H18N2O. The number of benzene rings is 2. The van der Waals surface area contributed by atoms with Gasteiger partial charge < -0.3 is 10.1 Å². The van der Waals surface area contributed by atoms with Gasteiger partial charge in [0.1, 0.15) is 17.9 Å². The van der Waals surface area contributed by atoms with Crippen LogP contribution in [0.15, 0.2) is 36.4 Å². The number of hydrogen-bond donors (Lipinski definition) is 1. The summed E-state index contributed by atoms with van der Waals surface area (Å²) in [6.07, 6.45) is 1.03. The molecule has 3 nitrogen and oxygen atoms in total. The first-order chi connectivity index (χ1) is 10.2. The zero-order valence-corrected chi connectivity index (χ0v) is 12.3. The second-order valence-electron chi connectivity index (χ2n) is 5.55. The van der Waals surface area contributed by atoms with Crippen LogP contribution in [0.25, 0.3) is 0 Å². The van der Waals surface area contributed by atoms with Crippen LogP contribution in [0.2, 0.25) is 0 Å². The molecule has 2 aromatic carbocycles. The molecule has 21 heavy (non-hydrogen) atoms. The fourth-order valence-electron chi connectivity index (χ4n) is 2.75. The number of nitrogens with zero attached hydrogens (tertiary/aromatic N) is 1. The number of fused-ring (bicyclic) bond motifs is 1. The van der Waals surface area contributed by atoms with Crippen molar-refractivity contribution in [1.82, 2.24) is 0 Å². The van der Waals surface area contributed by atoms with Gasteiger partial charge in [-0.15, -0.1) is 0 Å². The molecule has 106 valence electrons. The van der Waals surface area contributed by atoms with Gasteiger partial charge in [-0.3, -0.25) is 0 Å². The Balaban J connectivity index is 1.68. The third-order valence-electron chi connectivity index (χ3n) is 3.86. The van der Waals surface area contributed by atoms with E-state index in [1.54, 1.807) is 0 Å². The van der Waals surface area contributed by atoms with Crippen molar-refractivity contribution in [3.8, 4) is 11.8 Å². The molecule has 3 rings (SSSR count). The molecule has 0 aromatic heterocycles. The van der Waals surface area contributed by atoms with Crippen LogP contribution in [0.5, 0.6) is 5.75 Å². The number of rotatable bonds is 3. The lowest BCUT2D eigenvalue weighted by Crippen LogP contribution is -2.24. The molecule has 0 fully saturated rings. The standard InChI is InChI=1S/C18H18N2O/c1-12-6-7-18-14(8-12)9-15(21-18)11-20-17-5-3-4-13(2)16(17)10-19/h3-8,15,20H,9,11H2,1-2H3.